The van der Waals surface area contributed by atoms with Crippen LogP contribution in [0.2, 0.25) is 0 Å². The van der Waals surface area contributed by atoms with Crippen molar-refractivity contribution in [3.63, 3.8) is 0 Å². The molecule has 0 spiro atoms. The van der Waals surface area contributed by atoms with E-state index in [2.05, 4.69) is 0 Å². The van der Waals surface area contributed by atoms with Crippen molar-refractivity contribution in [1.82, 2.24) is 4.90 Å². The van der Waals surface area contributed by atoms with Crippen LogP contribution in [0.1, 0.15) is 19.3 Å². The second-order valence-electron chi connectivity index (χ2n) is 4.57. The fourth-order valence-electron chi connectivity index (χ4n) is 2.32. The van der Waals surface area contributed by atoms with Gasteiger partial charge >= 0.3 is 0 Å². The standard InChI is InChI=1S/C14H20N2O2.ClH/c15-10-12-6-4-5-9-16(12)14(17)11-18-13-7-2-1-3-8-13;/h1-3,7-8,12H,4-6,9-11,15H2;1H. The molecule has 1 aliphatic heterocycles. The third-order valence-electron chi connectivity index (χ3n) is 3.33. The maximum atomic E-state index is 12.1. The van der Waals surface area contributed by atoms with E-state index >= 15 is 0 Å². The number of nitrogens with zero attached hydrogens (tertiary/aromatic N) is 1. The van der Waals surface area contributed by atoms with Gasteiger partial charge in [0.2, 0.25) is 0 Å². The number of carbonyl (C=O) groups is 1. The van der Waals surface area contributed by atoms with Crippen molar-refractivity contribution in [1.29, 1.82) is 0 Å². The van der Waals surface area contributed by atoms with E-state index in [0.29, 0.717) is 6.54 Å². The van der Waals surface area contributed by atoms with Crippen LogP contribution in [0.15, 0.2) is 30.3 Å². The van der Waals surface area contributed by atoms with Crippen LogP contribution in [0.3, 0.4) is 0 Å². The second kappa shape index (κ2) is 8.02. The van der Waals surface area contributed by atoms with E-state index in [0.717, 1.165) is 31.6 Å². The lowest BCUT2D eigenvalue weighted by atomic mass is 10.0. The third-order valence-corrected chi connectivity index (χ3v) is 3.33. The van der Waals surface area contributed by atoms with Crippen LogP contribution >= 0.6 is 12.4 Å². The summed E-state index contributed by atoms with van der Waals surface area (Å²) in [6.07, 6.45) is 3.23. The lowest BCUT2D eigenvalue weighted by molar-refractivity contribution is -0.136. The van der Waals surface area contributed by atoms with Crippen molar-refractivity contribution in [3.8, 4) is 5.75 Å². The number of hydrogen-bond donors (Lipinski definition) is 1. The van der Waals surface area contributed by atoms with E-state index in [1.54, 1.807) is 0 Å². The molecule has 1 atom stereocenters. The first kappa shape index (κ1) is 15.8. The van der Waals surface area contributed by atoms with E-state index in [9.17, 15) is 4.79 Å². The number of ether oxygens (including phenoxy) is 1. The van der Waals surface area contributed by atoms with Gasteiger partial charge in [0.15, 0.2) is 6.61 Å². The minimum absolute atomic E-state index is 0. The average molecular weight is 285 g/mol. The van der Waals surface area contributed by atoms with Crippen molar-refractivity contribution >= 4 is 18.3 Å². The van der Waals surface area contributed by atoms with Crippen molar-refractivity contribution in [2.24, 2.45) is 5.73 Å². The molecule has 0 bridgehead atoms. The summed E-state index contributed by atoms with van der Waals surface area (Å²) in [5.74, 6) is 0.765. The van der Waals surface area contributed by atoms with Gasteiger partial charge in [-0.1, -0.05) is 18.2 Å². The SMILES string of the molecule is Cl.NCC1CCCCN1C(=O)COc1ccccc1. The molecule has 0 aliphatic carbocycles. The van der Waals surface area contributed by atoms with Crippen molar-refractivity contribution in [2.45, 2.75) is 25.3 Å². The average Bonchev–Trinajstić information content (AvgIpc) is 2.45. The summed E-state index contributed by atoms with van der Waals surface area (Å²) in [5, 5.41) is 0. The zero-order valence-corrected chi connectivity index (χ0v) is 11.8. The first-order valence-corrected chi connectivity index (χ1v) is 6.48. The Morgan fingerprint density at radius 3 is 2.74 bits per heavy atom. The van der Waals surface area contributed by atoms with Gasteiger partial charge in [-0.25, -0.2) is 0 Å². The number of benzene rings is 1. The molecule has 4 nitrogen and oxygen atoms in total. The summed E-state index contributed by atoms with van der Waals surface area (Å²) in [6, 6.07) is 9.59. The van der Waals surface area contributed by atoms with Gasteiger partial charge in [-0.15, -0.1) is 12.4 Å². The lowest BCUT2D eigenvalue weighted by Gasteiger charge is -2.34. The number of amides is 1. The van der Waals surface area contributed by atoms with E-state index in [4.69, 9.17) is 10.5 Å². The van der Waals surface area contributed by atoms with Gasteiger partial charge in [0.1, 0.15) is 5.75 Å². The molecule has 1 amide bonds. The Hall–Kier alpha value is -1.26. The maximum absolute atomic E-state index is 12.1. The normalized spacial score (nSPS) is 18.6. The summed E-state index contributed by atoms with van der Waals surface area (Å²) in [6.45, 7) is 1.44. The Morgan fingerprint density at radius 1 is 1.32 bits per heavy atom. The molecule has 5 heteroatoms. The first-order chi connectivity index (χ1) is 8.81. The highest BCUT2D eigenvalue weighted by Crippen LogP contribution is 2.16. The third kappa shape index (κ3) is 4.40. The Balaban J connectivity index is 0.00000180. The molecule has 0 radical (unpaired) electrons. The first-order valence-electron chi connectivity index (χ1n) is 6.48. The van der Waals surface area contributed by atoms with Crippen LogP contribution in [0.4, 0.5) is 0 Å². The molecule has 2 rings (SSSR count). The van der Waals surface area contributed by atoms with Crippen molar-refractivity contribution in [3.05, 3.63) is 30.3 Å². The Bertz CT molecular complexity index is 386. The highest BCUT2D eigenvalue weighted by molar-refractivity contribution is 5.85. The van der Waals surface area contributed by atoms with E-state index in [1.807, 2.05) is 35.2 Å². The monoisotopic (exact) mass is 284 g/mol. The number of likely N-dealkylation sites (tertiary alicyclic amines) is 1. The van der Waals surface area contributed by atoms with Gasteiger partial charge in [0.05, 0.1) is 0 Å². The number of para-hydroxylation sites is 1. The van der Waals surface area contributed by atoms with Crippen molar-refractivity contribution in [2.75, 3.05) is 19.7 Å². The smallest absolute Gasteiger partial charge is 0.260 e. The Morgan fingerprint density at radius 2 is 2.05 bits per heavy atom. The summed E-state index contributed by atoms with van der Waals surface area (Å²) in [7, 11) is 0. The quantitative estimate of drug-likeness (QED) is 0.918. The predicted octanol–water partition coefficient (Wildman–Crippen LogP) is 1.83. The molecule has 1 aromatic carbocycles. The fourth-order valence-corrected chi connectivity index (χ4v) is 2.32. The molecule has 106 valence electrons. The zero-order valence-electron chi connectivity index (χ0n) is 11.0. The molecule has 1 heterocycles. The van der Waals surface area contributed by atoms with Crippen LogP contribution in [0, 0.1) is 0 Å². The lowest BCUT2D eigenvalue weighted by Crippen LogP contribution is -2.49. The summed E-state index contributed by atoms with van der Waals surface area (Å²) < 4.78 is 5.48. The number of rotatable bonds is 4. The molecule has 1 unspecified atom stereocenters. The number of carbonyl (C=O) groups excluding carboxylic acids is 1. The van der Waals surface area contributed by atoms with Gasteiger partial charge in [-0.05, 0) is 31.4 Å². The fraction of sp³-hybridized carbons (Fsp3) is 0.500. The molecular formula is C14H21ClN2O2. The topological polar surface area (TPSA) is 55.6 Å². The molecular weight excluding hydrogens is 264 g/mol. The highest BCUT2D eigenvalue weighted by Gasteiger charge is 2.25. The molecule has 0 aromatic heterocycles. The van der Waals surface area contributed by atoms with Gasteiger partial charge in [-0.2, -0.15) is 0 Å². The summed E-state index contributed by atoms with van der Waals surface area (Å²) in [5.41, 5.74) is 5.70. The van der Waals surface area contributed by atoms with Crippen LogP contribution in [0.5, 0.6) is 5.75 Å². The molecule has 1 saturated heterocycles. The van der Waals surface area contributed by atoms with Gasteiger partial charge in [-0.3, -0.25) is 4.79 Å². The molecule has 1 fully saturated rings. The summed E-state index contributed by atoms with van der Waals surface area (Å²) in [4.78, 5) is 14.0. The maximum Gasteiger partial charge on any atom is 0.260 e. The van der Waals surface area contributed by atoms with Crippen LogP contribution in [-0.4, -0.2) is 36.5 Å². The van der Waals surface area contributed by atoms with Gasteiger partial charge in [0, 0.05) is 19.1 Å². The number of hydrogen-bond acceptors (Lipinski definition) is 3. The Kier molecular flexibility index (Phi) is 6.67. The largest absolute Gasteiger partial charge is 0.484 e. The highest BCUT2D eigenvalue weighted by atomic mass is 35.5. The number of halogens is 1. The molecule has 1 aromatic rings. The van der Waals surface area contributed by atoms with Crippen LogP contribution in [0.25, 0.3) is 0 Å². The zero-order chi connectivity index (χ0) is 12.8. The molecule has 1 aliphatic rings. The van der Waals surface area contributed by atoms with E-state index < -0.39 is 0 Å². The molecule has 2 N–H and O–H groups in total. The van der Waals surface area contributed by atoms with E-state index in [1.165, 1.54) is 0 Å². The predicted molar refractivity (Wildman–Crippen MR) is 77.6 cm³/mol. The number of nitrogens with two attached hydrogens (primary N) is 1. The Labute approximate surface area is 120 Å². The minimum Gasteiger partial charge on any atom is -0.484 e. The van der Waals surface area contributed by atoms with Gasteiger partial charge in [0.25, 0.3) is 5.91 Å². The molecule has 19 heavy (non-hydrogen) atoms. The molecule has 0 saturated carbocycles. The van der Waals surface area contributed by atoms with Crippen LogP contribution in [-0.2, 0) is 4.79 Å². The minimum atomic E-state index is 0. The second-order valence-corrected chi connectivity index (χ2v) is 4.57. The number of piperidine rings is 1. The van der Waals surface area contributed by atoms with Gasteiger partial charge < -0.3 is 15.4 Å². The van der Waals surface area contributed by atoms with E-state index in [-0.39, 0.29) is 31.0 Å². The van der Waals surface area contributed by atoms with Crippen molar-refractivity contribution < 1.29 is 9.53 Å². The van der Waals surface area contributed by atoms with Crippen LogP contribution < -0.4 is 10.5 Å². The summed E-state index contributed by atoms with van der Waals surface area (Å²) >= 11 is 0.